The summed E-state index contributed by atoms with van der Waals surface area (Å²) in [6.07, 6.45) is 5.80. The molecule has 6 unspecified atom stereocenters. The molecule has 1 saturated carbocycles. The third kappa shape index (κ3) is 4.31. The largest absolute Gasteiger partial charge is 0.313 e. The highest BCUT2D eigenvalue weighted by molar-refractivity contribution is 8.07. The molecule has 3 heteroatoms. The molecule has 1 aliphatic heterocycles. The molecular formula is C16H31NS2. The van der Waals surface area contributed by atoms with Crippen molar-refractivity contribution in [3.8, 4) is 0 Å². The average molecular weight is 302 g/mol. The molecule has 2 fully saturated rings. The SMILES string of the molecule is CCNC(C1CCCC(C)C1)C1CSC(C)C(C)S1. The van der Waals surface area contributed by atoms with E-state index in [2.05, 4.69) is 56.5 Å². The van der Waals surface area contributed by atoms with Crippen molar-refractivity contribution >= 4 is 23.5 Å². The van der Waals surface area contributed by atoms with Crippen LogP contribution in [0.2, 0.25) is 0 Å². The van der Waals surface area contributed by atoms with E-state index in [4.69, 9.17) is 0 Å². The fourth-order valence-corrected chi connectivity index (χ4v) is 6.85. The highest BCUT2D eigenvalue weighted by Gasteiger charge is 2.36. The van der Waals surface area contributed by atoms with E-state index in [0.29, 0.717) is 0 Å². The van der Waals surface area contributed by atoms with Crippen molar-refractivity contribution in [2.45, 2.75) is 75.2 Å². The molecule has 0 spiro atoms. The smallest absolute Gasteiger partial charge is 0.0297 e. The quantitative estimate of drug-likeness (QED) is 0.825. The highest BCUT2D eigenvalue weighted by atomic mass is 32.2. The van der Waals surface area contributed by atoms with E-state index in [1.165, 1.54) is 31.4 Å². The predicted octanol–water partition coefficient (Wildman–Crippen LogP) is 4.42. The van der Waals surface area contributed by atoms with E-state index in [1.54, 1.807) is 0 Å². The topological polar surface area (TPSA) is 12.0 Å². The van der Waals surface area contributed by atoms with E-state index in [9.17, 15) is 0 Å². The molecule has 0 radical (unpaired) electrons. The van der Waals surface area contributed by atoms with Gasteiger partial charge in [0.1, 0.15) is 0 Å². The van der Waals surface area contributed by atoms with Gasteiger partial charge in [0.25, 0.3) is 0 Å². The number of hydrogen-bond acceptors (Lipinski definition) is 3. The highest BCUT2D eigenvalue weighted by Crippen LogP contribution is 2.41. The van der Waals surface area contributed by atoms with E-state index < -0.39 is 0 Å². The molecule has 19 heavy (non-hydrogen) atoms. The summed E-state index contributed by atoms with van der Waals surface area (Å²) in [7, 11) is 0. The van der Waals surface area contributed by atoms with Crippen LogP contribution in [-0.4, -0.2) is 34.1 Å². The molecule has 112 valence electrons. The van der Waals surface area contributed by atoms with Gasteiger partial charge in [-0.05, 0) is 31.2 Å². The summed E-state index contributed by atoms with van der Waals surface area (Å²) >= 11 is 4.45. The van der Waals surface area contributed by atoms with Crippen molar-refractivity contribution in [1.82, 2.24) is 5.32 Å². The first kappa shape index (κ1) is 16.0. The Morgan fingerprint density at radius 2 is 1.95 bits per heavy atom. The van der Waals surface area contributed by atoms with Crippen molar-refractivity contribution < 1.29 is 0 Å². The van der Waals surface area contributed by atoms with Crippen LogP contribution in [0.3, 0.4) is 0 Å². The van der Waals surface area contributed by atoms with Gasteiger partial charge in [0.05, 0.1) is 0 Å². The first-order chi connectivity index (χ1) is 9.11. The molecule has 1 aliphatic carbocycles. The maximum atomic E-state index is 3.84. The Bertz CT molecular complexity index is 271. The number of hydrogen-bond donors (Lipinski definition) is 1. The zero-order valence-corrected chi connectivity index (χ0v) is 14.7. The summed E-state index contributed by atoms with van der Waals surface area (Å²) in [6, 6.07) is 0.750. The lowest BCUT2D eigenvalue weighted by molar-refractivity contribution is 0.223. The van der Waals surface area contributed by atoms with E-state index in [1.807, 2.05) is 0 Å². The van der Waals surface area contributed by atoms with Crippen molar-refractivity contribution in [3.05, 3.63) is 0 Å². The molecule has 1 heterocycles. The summed E-state index contributed by atoms with van der Waals surface area (Å²) in [5.41, 5.74) is 0. The molecule has 1 N–H and O–H groups in total. The second kappa shape index (κ2) is 7.61. The molecule has 2 rings (SSSR count). The summed E-state index contributed by atoms with van der Waals surface area (Å²) < 4.78 is 0. The third-order valence-electron chi connectivity index (χ3n) is 4.90. The van der Waals surface area contributed by atoms with Crippen LogP contribution in [0.15, 0.2) is 0 Å². The Morgan fingerprint density at radius 1 is 1.16 bits per heavy atom. The molecule has 1 saturated heterocycles. The van der Waals surface area contributed by atoms with E-state index in [-0.39, 0.29) is 0 Å². The average Bonchev–Trinajstić information content (AvgIpc) is 2.39. The molecular weight excluding hydrogens is 270 g/mol. The minimum Gasteiger partial charge on any atom is -0.313 e. The zero-order chi connectivity index (χ0) is 13.8. The van der Waals surface area contributed by atoms with E-state index in [0.717, 1.165) is 40.2 Å². The summed E-state index contributed by atoms with van der Waals surface area (Å²) in [5, 5.41) is 6.31. The van der Waals surface area contributed by atoms with Crippen LogP contribution in [0.25, 0.3) is 0 Å². The van der Waals surface area contributed by atoms with E-state index >= 15 is 0 Å². The Morgan fingerprint density at radius 3 is 2.58 bits per heavy atom. The molecule has 0 amide bonds. The zero-order valence-electron chi connectivity index (χ0n) is 13.0. The normalized spacial score (nSPS) is 42.0. The number of nitrogens with one attached hydrogen (secondary N) is 1. The summed E-state index contributed by atoms with van der Waals surface area (Å²) in [6.45, 7) is 10.7. The second-order valence-corrected chi connectivity index (χ2v) is 9.56. The lowest BCUT2D eigenvalue weighted by atomic mass is 9.77. The molecule has 0 bridgehead atoms. The van der Waals surface area contributed by atoms with Gasteiger partial charge in [-0.3, -0.25) is 0 Å². The minimum atomic E-state index is 0.750. The maximum Gasteiger partial charge on any atom is 0.0297 e. The van der Waals surface area contributed by atoms with Gasteiger partial charge in [0, 0.05) is 27.5 Å². The van der Waals surface area contributed by atoms with Crippen molar-refractivity contribution in [1.29, 1.82) is 0 Å². The van der Waals surface area contributed by atoms with Crippen LogP contribution in [-0.2, 0) is 0 Å². The Balaban J connectivity index is 1.98. The Hall–Kier alpha value is 0.660. The van der Waals surface area contributed by atoms with Gasteiger partial charge in [0.2, 0.25) is 0 Å². The van der Waals surface area contributed by atoms with Gasteiger partial charge in [-0.2, -0.15) is 23.5 Å². The minimum absolute atomic E-state index is 0.750. The molecule has 6 atom stereocenters. The van der Waals surface area contributed by atoms with Gasteiger partial charge >= 0.3 is 0 Å². The molecule has 0 aromatic carbocycles. The molecule has 2 aliphatic rings. The summed E-state index contributed by atoms with van der Waals surface area (Å²) in [5.74, 6) is 3.21. The van der Waals surface area contributed by atoms with Crippen molar-refractivity contribution in [3.63, 3.8) is 0 Å². The van der Waals surface area contributed by atoms with Gasteiger partial charge in [-0.25, -0.2) is 0 Å². The van der Waals surface area contributed by atoms with Crippen LogP contribution in [0.5, 0.6) is 0 Å². The third-order valence-corrected chi connectivity index (χ3v) is 8.41. The molecule has 0 aromatic heterocycles. The van der Waals surface area contributed by atoms with Gasteiger partial charge < -0.3 is 5.32 Å². The monoisotopic (exact) mass is 301 g/mol. The van der Waals surface area contributed by atoms with Gasteiger partial charge in [-0.15, -0.1) is 0 Å². The Kier molecular flexibility index (Phi) is 6.42. The first-order valence-corrected chi connectivity index (χ1v) is 10.1. The predicted molar refractivity (Wildman–Crippen MR) is 91.3 cm³/mol. The molecule has 1 nitrogen and oxygen atoms in total. The van der Waals surface area contributed by atoms with Crippen LogP contribution in [0.1, 0.15) is 53.4 Å². The molecule has 0 aromatic rings. The standard InChI is InChI=1S/C16H31NS2/c1-5-17-16(14-8-6-7-11(2)9-14)15-10-18-12(3)13(4)19-15/h11-17H,5-10H2,1-4H3. The van der Waals surface area contributed by atoms with Crippen LogP contribution >= 0.6 is 23.5 Å². The van der Waals surface area contributed by atoms with Crippen LogP contribution in [0.4, 0.5) is 0 Å². The lowest BCUT2D eigenvalue weighted by Crippen LogP contribution is -2.48. The van der Waals surface area contributed by atoms with Gasteiger partial charge in [0.15, 0.2) is 0 Å². The fourth-order valence-electron chi connectivity index (χ4n) is 3.64. The fraction of sp³-hybridized carbons (Fsp3) is 1.00. The van der Waals surface area contributed by atoms with Gasteiger partial charge in [-0.1, -0.05) is 40.5 Å². The lowest BCUT2D eigenvalue weighted by Gasteiger charge is -2.42. The second-order valence-electron chi connectivity index (χ2n) is 6.53. The maximum absolute atomic E-state index is 3.84. The van der Waals surface area contributed by atoms with Crippen LogP contribution in [0, 0.1) is 11.8 Å². The first-order valence-electron chi connectivity index (χ1n) is 8.12. The Labute approximate surface area is 128 Å². The van der Waals surface area contributed by atoms with Crippen molar-refractivity contribution in [2.24, 2.45) is 11.8 Å². The van der Waals surface area contributed by atoms with Crippen molar-refractivity contribution in [2.75, 3.05) is 12.3 Å². The number of rotatable bonds is 4. The summed E-state index contributed by atoms with van der Waals surface area (Å²) in [4.78, 5) is 0. The number of thioether (sulfide) groups is 2. The van der Waals surface area contributed by atoms with Crippen LogP contribution < -0.4 is 5.32 Å².